The van der Waals surface area contributed by atoms with Gasteiger partial charge in [-0.05, 0) is 142 Å². The van der Waals surface area contributed by atoms with Gasteiger partial charge in [0, 0.05) is 92.7 Å². The number of thiol groups is 1. The van der Waals surface area contributed by atoms with Crippen LogP contribution >= 0.6 is 77.4 Å². The minimum absolute atomic E-state index is 0.00589. The number of pyridine rings is 1. The Morgan fingerprint density at radius 1 is 0.445 bits per heavy atom. The number of aliphatic carboxylic acids is 1. The van der Waals surface area contributed by atoms with Crippen molar-refractivity contribution in [3.63, 3.8) is 0 Å². The molecule has 9 N–H and O–H groups in total. The molecule has 47 heteroatoms. The fourth-order valence-electron chi connectivity index (χ4n) is 14.8. The summed E-state index contributed by atoms with van der Waals surface area (Å²) in [5.74, 6) is -8.43. The van der Waals surface area contributed by atoms with E-state index < -0.39 is 162 Å². The molecule has 6 aliphatic heterocycles. The van der Waals surface area contributed by atoms with Crippen LogP contribution in [0, 0.1) is 0 Å². The second-order valence-corrected chi connectivity index (χ2v) is 42.5. The Balaban J connectivity index is 0.000000223. The zero-order valence-corrected chi connectivity index (χ0v) is 85.8. The Kier molecular flexibility index (Phi) is 45.0. The summed E-state index contributed by atoms with van der Waals surface area (Å²) in [4.78, 5) is 266. The number of nitrogens with zero attached hydrogens (tertiary/aromatic N) is 4. The molecule has 0 aliphatic carbocycles. The molecule has 7 aromatic rings. The van der Waals surface area contributed by atoms with E-state index in [1.54, 1.807) is 84.1 Å². The van der Waals surface area contributed by atoms with Crippen LogP contribution in [0.1, 0.15) is 185 Å². The molecule has 17 amide bonds. The maximum Gasteiger partial charge on any atom is 0.411 e. The summed E-state index contributed by atoms with van der Waals surface area (Å²) in [7, 11) is 7.49. The minimum atomic E-state index is -1.13. The molecule has 6 aliphatic rings. The highest BCUT2D eigenvalue weighted by Gasteiger charge is 2.50. The van der Waals surface area contributed by atoms with E-state index in [9.17, 15) is 110 Å². The van der Waals surface area contributed by atoms with Gasteiger partial charge in [-0.15, -0.1) is 0 Å². The first kappa shape index (κ1) is 114. The zero-order valence-electron chi connectivity index (χ0n) is 81.0. The molecule has 6 aromatic carbocycles. The summed E-state index contributed by atoms with van der Waals surface area (Å²) in [6.07, 6.45) is 1.40. The van der Waals surface area contributed by atoms with Crippen molar-refractivity contribution < 1.29 is 135 Å². The first-order chi connectivity index (χ1) is 70.2. The summed E-state index contributed by atoms with van der Waals surface area (Å²) in [5, 5.41) is 29.7. The van der Waals surface area contributed by atoms with Crippen molar-refractivity contribution in [2.24, 2.45) is 0 Å². The molecular formula is C99H109FN12O27S7. The van der Waals surface area contributed by atoms with Crippen molar-refractivity contribution in [2.75, 3.05) is 72.1 Å². The summed E-state index contributed by atoms with van der Waals surface area (Å²) in [6, 6.07) is 41.0. The van der Waals surface area contributed by atoms with Gasteiger partial charge in [-0.1, -0.05) is 175 Å². The van der Waals surface area contributed by atoms with E-state index in [1.807, 2.05) is 84.9 Å². The van der Waals surface area contributed by atoms with Gasteiger partial charge < -0.3 is 44.7 Å². The standard InChI is InChI=1S/C32H36N4O9S2.C28H28N4O9S2.C22H19N3O6S2.C16H23NO3S.CH3F/c1-32(2,3)45-30(42)22(18-19-8-5-4-6-9-19)33-25(38)14-16-46-47-17-15-44-31(43)34-21-11-7-10-20-26(21)29(41)36(28(20)40)23-12-13-24(37)35-27(23)39;33-21-10-9-20(24(35)31-21)32-25(36)17-7-4-8-18(23(17)26(32)37)30-28(40)41-12-14-43-42-13-11-22(34)29-19(27(38)39)15-16-5-2-1-3-6-16;26-16-8-7-15(20(28)24-16)25-21(29)14-5-3-4-13(19(14)22(25)30)12-18(27)31-10-11-32-33-17-6-1-2-9-23-17;1-16(2,3)20-15(19)13(17-14(18)9-10-21)11-12-7-5-4-6-8-12;1-2/h4-11,22-23H,12-18H2,1-3H3,(H,33,38)(H,34,43)(H,35,37,39);1-8,19-20H,9-15H2,(H,29,34)(H,30,40)(H,38,39)(H,31,33,35);1-6,9,15H,7-8,10-12H2,(H,24,26,28);4-8,13,21H,9-11H2,1-3H3,(H,17,18);1H3/t22-,23?;19-,20?;;13-;/m00.0./s1/i;;;;1D. The number of piperidine rings is 3. The van der Waals surface area contributed by atoms with E-state index >= 15 is 0 Å². The summed E-state index contributed by atoms with van der Waals surface area (Å²) in [5.41, 5.74) is 2.04. The molecule has 3 fully saturated rings. The average Bonchev–Trinajstić information content (AvgIpc) is 1.61. The van der Waals surface area contributed by atoms with Gasteiger partial charge in [-0.2, -0.15) is 12.6 Å². The molecule has 13 rings (SSSR count). The van der Waals surface area contributed by atoms with Crippen molar-refractivity contribution in [2.45, 2.75) is 177 Å². The monoisotopic (exact) mass is 2140 g/mol. The highest BCUT2D eigenvalue weighted by Crippen LogP contribution is 2.37. The smallest absolute Gasteiger partial charge is 0.411 e. The summed E-state index contributed by atoms with van der Waals surface area (Å²) < 4.78 is 42.0. The van der Waals surface area contributed by atoms with Crippen molar-refractivity contribution in [3.05, 3.63) is 226 Å². The third-order valence-corrected chi connectivity index (χ3v) is 28.4. The van der Waals surface area contributed by atoms with Gasteiger partial charge in [0.25, 0.3) is 35.4 Å². The van der Waals surface area contributed by atoms with Gasteiger partial charge in [0.05, 0.1) is 59.7 Å². The molecule has 0 saturated carbocycles. The number of carboxylic acids is 1. The van der Waals surface area contributed by atoms with E-state index in [1.165, 1.54) is 107 Å². The number of hydrogen-bond acceptors (Lipinski definition) is 34. The van der Waals surface area contributed by atoms with Gasteiger partial charge in [-0.25, -0.2) is 29.0 Å². The van der Waals surface area contributed by atoms with E-state index in [4.69, 9.17) is 25.1 Å². The largest absolute Gasteiger partial charge is 0.480 e. The van der Waals surface area contributed by atoms with Crippen molar-refractivity contribution in [1.29, 1.82) is 0 Å². The maximum absolute atomic E-state index is 13.2. The highest BCUT2D eigenvalue weighted by molar-refractivity contribution is 8.77. The predicted octanol–water partition coefficient (Wildman–Crippen LogP) is 10.7. The van der Waals surface area contributed by atoms with Crippen LogP contribution in [0.25, 0.3) is 0 Å². The van der Waals surface area contributed by atoms with E-state index in [2.05, 4.69) is 60.1 Å². The Hall–Kier alpha value is -13.5. The molecular weight excluding hydrogens is 2030 g/mol. The lowest BCUT2D eigenvalue weighted by atomic mass is 10.0. The minimum Gasteiger partial charge on any atom is -0.480 e. The molecule has 0 bridgehead atoms. The molecule has 3 saturated heterocycles. The number of halogens is 1. The fraction of sp³-hybridized carbons (Fsp3) is 0.374. The molecule has 146 heavy (non-hydrogen) atoms. The number of amides is 17. The zero-order chi connectivity index (χ0) is 107. The molecule has 0 radical (unpaired) electrons. The number of benzene rings is 6. The number of rotatable bonds is 40. The van der Waals surface area contributed by atoms with Crippen LogP contribution in [0.5, 0.6) is 0 Å². The van der Waals surface area contributed by atoms with Gasteiger partial charge in [0.2, 0.25) is 53.2 Å². The number of carbonyl (C=O) groups is 21. The fourth-order valence-corrected chi connectivity index (χ4v) is 20.3. The number of nitrogens with one attached hydrogen (secondary N) is 8. The number of carbonyl (C=O) groups excluding carboxylic acids is 20. The van der Waals surface area contributed by atoms with Crippen LogP contribution in [0.4, 0.5) is 25.4 Å². The average molecular weight is 2140 g/mol. The molecule has 7 heterocycles. The van der Waals surface area contributed by atoms with E-state index in [0.29, 0.717) is 52.9 Å². The number of esters is 3. The number of imide groups is 6. The number of hydrogen-bond donors (Lipinski definition) is 10. The van der Waals surface area contributed by atoms with Gasteiger partial charge in [0.1, 0.15) is 72.3 Å². The molecule has 6 atom stereocenters. The van der Waals surface area contributed by atoms with Crippen LogP contribution in [-0.4, -0.2) is 258 Å². The van der Waals surface area contributed by atoms with Crippen LogP contribution < -0.4 is 42.5 Å². The Morgan fingerprint density at radius 2 is 0.795 bits per heavy atom. The highest BCUT2D eigenvalue weighted by atomic mass is 33.1. The van der Waals surface area contributed by atoms with Crippen LogP contribution in [0.2, 0.25) is 0 Å². The number of alkyl halides is 1. The SMILES string of the molecule is CC(C)(C)OC(=O)[C@H](Cc1ccccc1)NC(=O)CCS.CC(C)(C)OC(=O)[C@H](Cc1ccccc1)NC(=O)CCSSCCOC(=O)Nc1cccc2c1C(=O)N(C1CCC(=O)NC1=O)C2=O.O=C1CCC(N2C(=O)c3cccc(CC(=O)OCCSSc4ccccn4)c3C2=O)C(=O)N1.O=C1CCC(N2C(=O)c3cccc(NC(=O)OCCSSCCC(=O)N[C@@H](Cc4ccccc4)C(=O)O)c3C2=O)C(=O)N1.[2H]CF. The van der Waals surface area contributed by atoms with Crippen molar-refractivity contribution in [1.82, 2.24) is 51.6 Å². The molecule has 776 valence electrons. The number of fused-ring (bicyclic) bond motifs is 3. The number of anilines is 2. The molecule has 1 aromatic heterocycles. The second kappa shape index (κ2) is 57.4. The van der Waals surface area contributed by atoms with Crippen LogP contribution in [0.15, 0.2) is 175 Å². The second-order valence-electron chi connectivity index (χ2n) is 34.2. The lowest BCUT2D eigenvalue weighted by molar-refractivity contribution is -0.159. The Bertz CT molecular complexity index is 5980. The quantitative estimate of drug-likeness (QED) is 0.00426. The third kappa shape index (κ3) is 35.5. The first-order valence-electron chi connectivity index (χ1n) is 46.3. The van der Waals surface area contributed by atoms with Crippen LogP contribution in [-0.2, 0) is 112 Å². The van der Waals surface area contributed by atoms with E-state index in [-0.39, 0.29) is 153 Å². The first-order valence-corrected chi connectivity index (χ1v) is 53.5. The lowest BCUT2D eigenvalue weighted by Gasteiger charge is -2.27. The van der Waals surface area contributed by atoms with Gasteiger partial charge in [-0.3, -0.25) is 122 Å². The summed E-state index contributed by atoms with van der Waals surface area (Å²) >= 11 is 4.03. The van der Waals surface area contributed by atoms with Crippen molar-refractivity contribution in [3.8, 4) is 0 Å². The lowest BCUT2D eigenvalue weighted by Crippen LogP contribution is -2.54. The number of ether oxygens (including phenoxy) is 5. The van der Waals surface area contributed by atoms with Crippen LogP contribution in [0.3, 0.4) is 0 Å². The van der Waals surface area contributed by atoms with Gasteiger partial charge in [0.15, 0.2) is 0 Å². The topological polar surface area (TPSA) is 544 Å². The Morgan fingerprint density at radius 3 is 1.17 bits per heavy atom. The van der Waals surface area contributed by atoms with Crippen molar-refractivity contribution >= 4 is 213 Å². The van der Waals surface area contributed by atoms with E-state index in [0.717, 1.165) is 36.4 Å². The predicted molar refractivity (Wildman–Crippen MR) is 547 cm³/mol. The number of carboxylic acid groups (broad SMARTS) is 1. The number of aromatic nitrogens is 1. The Labute approximate surface area is 869 Å². The van der Waals surface area contributed by atoms with Gasteiger partial charge >= 0.3 is 36.1 Å². The summed E-state index contributed by atoms with van der Waals surface area (Å²) in [6.45, 7) is 10.9. The third-order valence-electron chi connectivity index (χ3n) is 21.2. The maximum atomic E-state index is 13.2. The molecule has 39 nitrogen and oxygen atoms in total. The molecule has 3 unspecified atom stereocenters. The molecule has 0 spiro atoms. The normalized spacial score (nSPS) is 16.2.